The summed E-state index contributed by atoms with van der Waals surface area (Å²) in [5.41, 5.74) is -0.442. The van der Waals surface area contributed by atoms with Gasteiger partial charge >= 0.3 is 6.09 Å². The lowest BCUT2D eigenvalue weighted by atomic mass is 10.1. The maximum atomic E-state index is 12.1. The van der Waals surface area contributed by atoms with E-state index in [4.69, 9.17) is 4.74 Å². The van der Waals surface area contributed by atoms with E-state index in [-0.39, 0.29) is 6.09 Å². The second-order valence-electron chi connectivity index (χ2n) is 5.85. The first-order valence-corrected chi connectivity index (χ1v) is 7.72. The van der Waals surface area contributed by atoms with Crippen molar-refractivity contribution in [2.24, 2.45) is 0 Å². The summed E-state index contributed by atoms with van der Waals surface area (Å²) in [6, 6.07) is 0. The molecule has 0 radical (unpaired) electrons. The van der Waals surface area contributed by atoms with E-state index in [0.29, 0.717) is 11.8 Å². The topological polar surface area (TPSA) is 55.3 Å². The van der Waals surface area contributed by atoms with Gasteiger partial charge in [0.15, 0.2) is 0 Å². The van der Waals surface area contributed by atoms with E-state index in [1.807, 2.05) is 20.8 Å². The largest absolute Gasteiger partial charge is 0.444 e. The van der Waals surface area contributed by atoms with Gasteiger partial charge in [0, 0.05) is 30.7 Å². The Morgan fingerprint density at radius 3 is 2.90 bits per heavy atom. The second-order valence-corrected chi connectivity index (χ2v) is 7.17. The molecule has 1 aliphatic heterocycles. The van der Waals surface area contributed by atoms with Crippen molar-refractivity contribution in [2.45, 2.75) is 49.5 Å². The molecule has 1 aliphatic rings. The first kappa shape index (κ1) is 15.1. The van der Waals surface area contributed by atoms with Gasteiger partial charge in [0.2, 0.25) is 0 Å². The van der Waals surface area contributed by atoms with Gasteiger partial charge in [-0.15, -0.1) is 0 Å². The van der Waals surface area contributed by atoms with Gasteiger partial charge in [0.05, 0.1) is 6.20 Å². The van der Waals surface area contributed by atoms with Crippen molar-refractivity contribution in [1.29, 1.82) is 0 Å². The number of rotatable bonds is 2. The number of nitrogens with zero attached hydrogens (tertiary/aromatic N) is 3. The highest BCUT2D eigenvalue weighted by Gasteiger charge is 2.28. The van der Waals surface area contributed by atoms with Crippen LogP contribution in [-0.4, -0.2) is 44.9 Å². The van der Waals surface area contributed by atoms with Crippen LogP contribution < -0.4 is 0 Å². The molecule has 1 atom stereocenters. The first-order valence-electron chi connectivity index (χ1n) is 6.84. The predicted molar refractivity (Wildman–Crippen MR) is 78.7 cm³/mol. The molecule has 0 spiro atoms. The minimum absolute atomic E-state index is 0.220. The molecule has 6 heteroatoms. The van der Waals surface area contributed by atoms with Crippen molar-refractivity contribution in [1.82, 2.24) is 14.9 Å². The lowest BCUT2D eigenvalue weighted by molar-refractivity contribution is 0.0220. The number of amides is 1. The highest BCUT2D eigenvalue weighted by molar-refractivity contribution is 7.99. The molecule has 0 saturated carbocycles. The van der Waals surface area contributed by atoms with Gasteiger partial charge in [0.1, 0.15) is 10.6 Å². The molecule has 2 heterocycles. The van der Waals surface area contributed by atoms with Crippen LogP contribution in [0, 0.1) is 0 Å². The lowest BCUT2D eigenvalue weighted by Crippen LogP contribution is -2.43. The summed E-state index contributed by atoms with van der Waals surface area (Å²) in [7, 11) is 0. The maximum Gasteiger partial charge on any atom is 0.410 e. The van der Waals surface area contributed by atoms with Crippen LogP contribution in [0.3, 0.4) is 0 Å². The number of likely N-dealkylation sites (tertiary alicyclic amines) is 1. The molecule has 1 unspecified atom stereocenters. The Bertz CT molecular complexity index is 447. The van der Waals surface area contributed by atoms with Crippen molar-refractivity contribution in [3.05, 3.63) is 18.6 Å². The summed E-state index contributed by atoms with van der Waals surface area (Å²) in [4.78, 5) is 22.2. The number of ether oxygens (including phenoxy) is 1. The molecule has 1 fully saturated rings. The molecular formula is C14H21N3O2S. The normalized spacial score (nSPS) is 19.8. The van der Waals surface area contributed by atoms with Gasteiger partial charge in [-0.2, -0.15) is 0 Å². The summed E-state index contributed by atoms with van der Waals surface area (Å²) in [6.45, 7) is 7.14. The molecular weight excluding hydrogens is 274 g/mol. The van der Waals surface area contributed by atoms with Gasteiger partial charge in [-0.25, -0.2) is 9.78 Å². The Balaban J connectivity index is 1.90. The quantitative estimate of drug-likeness (QED) is 0.839. The fourth-order valence-electron chi connectivity index (χ4n) is 2.04. The Morgan fingerprint density at radius 2 is 2.25 bits per heavy atom. The van der Waals surface area contributed by atoms with Crippen LogP contribution in [0.2, 0.25) is 0 Å². The molecule has 1 aromatic rings. The summed E-state index contributed by atoms with van der Waals surface area (Å²) in [5.74, 6) is 0. The third-order valence-corrected chi connectivity index (χ3v) is 4.03. The van der Waals surface area contributed by atoms with Crippen LogP contribution in [0.1, 0.15) is 33.6 Å². The van der Waals surface area contributed by atoms with Crippen LogP contribution in [0.25, 0.3) is 0 Å². The number of hydrogen-bond acceptors (Lipinski definition) is 5. The zero-order valence-electron chi connectivity index (χ0n) is 12.2. The molecule has 0 bridgehead atoms. The van der Waals surface area contributed by atoms with E-state index in [0.717, 1.165) is 24.4 Å². The van der Waals surface area contributed by atoms with Gasteiger partial charge in [-0.1, -0.05) is 11.8 Å². The van der Waals surface area contributed by atoms with E-state index in [1.54, 1.807) is 35.3 Å². The van der Waals surface area contributed by atoms with E-state index in [1.165, 1.54) is 0 Å². The van der Waals surface area contributed by atoms with Gasteiger partial charge in [-0.05, 0) is 33.6 Å². The minimum Gasteiger partial charge on any atom is -0.444 e. The average Bonchev–Trinajstić information content (AvgIpc) is 2.38. The predicted octanol–water partition coefficient (Wildman–Crippen LogP) is 2.97. The smallest absolute Gasteiger partial charge is 0.410 e. The molecule has 5 nitrogen and oxygen atoms in total. The average molecular weight is 295 g/mol. The van der Waals surface area contributed by atoms with Gasteiger partial charge in [0.25, 0.3) is 0 Å². The molecule has 2 rings (SSSR count). The minimum atomic E-state index is -0.442. The first-order chi connectivity index (χ1) is 9.44. The Morgan fingerprint density at radius 1 is 1.45 bits per heavy atom. The fourth-order valence-corrected chi connectivity index (χ4v) is 3.17. The summed E-state index contributed by atoms with van der Waals surface area (Å²) in [6.07, 6.45) is 6.98. The van der Waals surface area contributed by atoms with Crippen molar-refractivity contribution in [3.8, 4) is 0 Å². The highest BCUT2D eigenvalue weighted by Crippen LogP contribution is 2.28. The number of piperidine rings is 1. The third kappa shape index (κ3) is 4.67. The second kappa shape index (κ2) is 6.43. The third-order valence-electron chi connectivity index (χ3n) is 2.86. The zero-order valence-corrected chi connectivity index (χ0v) is 13.0. The van der Waals surface area contributed by atoms with Crippen molar-refractivity contribution < 1.29 is 9.53 Å². The molecule has 0 aliphatic carbocycles. The lowest BCUT2D eigenvalue weighted by Gasteiger charge is -2.33. The summed E-state index contributed by atoms with van der Waals surface area (Å²) < 4.78 is 5.43. The number of aromatic nitrogens is 2. The number of hydrogen-bond donors (Lipinski definition) is 0. The molecule has 110 valence electrons. The molecule has 0 aromatic carbocycles. The molecule has 0 N–H and O–H groups in total. The fraction of sp³-hybridized carbons (Fsp3) is 0.643. The number of thioether (sulfide) groups is 1. The number of carbonyl (C=O) groups is 1. The van der Waals surface area contributed by atoms with Gasteiger partial charge < -0.3 is 9.64 Å². The molecule has 1 amide bonds. The van der Waals surface area contributed by atoms with Crippen LogP contribution >= 0.6 is 11.8 Å². The van der Waals surface area contributed by atoms with E-state index >= 15 is 0 Å². The van der Waals surface area contributed by atoms with E-state index in [2.05, 4.69) is 9.97 Å². The van der Waals surface area contributed by atoms with Crippen molar-refractivity contribution in [3.63, 3.8) is 0 Å². The standard InChI is InChI=1S/C14H21N3O2S/c1-14(2,3)19-13(18)17-8-4-5-11(10-17)20-12-9-15-6-7-16-12/h6-7,9,11H,4-5,8,10H2,1-3H3. The molecule has 20 heavy (non-hydrogen) atoms. The molecule has 1 saturated heterocycles. The highest BCUT2D eigenvalue weighted by atomic mass is 32.2. The Hall–Kier alpha value is -1.30. The van der Waals surface area contributed by atoms with Crippen LogP contribution in [0.4, 0.5) is 4.79 Å². The van der Waals surface area contributed by atoms with Crippen LogP contribution in [0.5, 0.6) is 0 Å². The van der Waals surface area contributed by atoms with E-state index < -0.39 is 5.60 Å². The van der Waals surface area contributed by atoms with Crippen molar-refractivity contribution >= 4 is 17.9 Å². The summed E-state index contributed by atoms with van der Waals surface area (Å²) >= 11 is 1.68. The SMILES string of the molecule is CC(C)(C)OC(=O)N1CCCC(Sc2cnccn2)C1. The number of carbonyl (C=O) groups excluding carboxylic acids is 1. The Labute approximate surface area is 124 Å². The summed E-state index contributed by atoms with van der Waals surface area (Å²) in [5, 5.41) is 1.26. The zero-order chi connectivity index (χ0) is 14.6. The van der Waals surface area contributed by atoms with Crippen LogP contribution in [-0.2, 0) is 4.74 Å². The van der Waals surface area contributed by atoms with Crippen molar-refractivity contribution in [2.75, 3.05) is 13.1 Å². The maximum absolute atomic E-state index is 12.1. The van der Waals surface area contributed by atoms with Gasteiger partial charge in [-0.3, -0.25) is 4.98 Å². The Kier molecular flexibility index (Phi) is 4.86. The van der Waals surface area contributed by atoms with E-state index in [9.17, 15) is 4.79 Å². The molecule has 1 aromatic heterocycles. The monoisotopic (exact) mass is 295 g/mol. The van der Waals surface area contributed by atoms with Crippen LogP contribution in [0.15, 0.2) is 23.6 Å².